The van der Waals surface area contributed by atoms with E-state index in [2.05, 4.69) is 15.5 Å². The van der Waals surface area contributed by atoms with Crippen LogP contribution in [0.5, 0.6) is 0 Å². The van der Waals surface area contributed by atoms with Crippen molar-refractivity contribution < 1.29 is 19.5 Å². The summed E-state index contributed by atoms with van der Waals surface area (Å²) in [5.74, 6) is 0.850. The van der Waals surface area contributed by atoms with Gasteiger partial charge in [0.05, 0.1) is 0 Å². The van der Waals surface area contributed by atoms with Gasteiger partial charge in [0.15, 0.2) is 0 Å². The molecule has 1 saturated heterocycles. The average molecular weight is 303 g/mol. The van der Waals surface area contributed by atoms with E-state index in [0.717, 1.165) is 31.1 Å². The molecule has 8 heteroatoms. The van der Waals surface area contributed by atoms with E-state index in [4.69, 9.17) is 5.11 Å². The summed E-state index contributed by atoms with van der Waals surface area (Å²) in [5.41, 5.74) is 0. The number of nitrogens with one attached hydrogen (secondary N) is 2. The molecule has 7 nitrogen and oxygen atoms in total. The van der Waals surface area contributed by atoms with E-state index < -0.39 is 17.9 Å². The molecule has 0 bridgehead atoms. The average Bonchev–Trinajstić information content (AvgIpc) is 2.39. The first-order valence-corrected chi connectivity index (χ1v) is 7.83. The summed E-state index contributed by atoms with van der Waals surface area (Å²) in [4.78, 5) is 35.3. The van der Waals surface area contributed by atoms with Crippen molar-refractivity contribution in [2.24, 2.45) is 0 Å². The van der Waals surface area contributed by atoms with E-state index in [1.54, 1.807) is 0 Å². The number of rotatable bonds is 7. The van der Waals surface area contributed by atoms with Gasteiger partial charge >= 0.3 is 12.0 Å². The van der Waals surface area contributed by atoms with E-state index >= 15 is 0 Å². The van der Waals surface area contributed by atoms with Crippen molar-refractivity contribution >= 4 is 29.7 Å². The lowest BCUT2D eigenvalue weighted by Crippen LogP contribution is -2.44. The smallest absolute Gasteiger partial charge is 0.321 e. The lowest BCUT2D eigenvalue weighted by Gasteiger charge is -2.25. The molecule has 0 aliphatic carbocycles. The van der Waals surface area contributed by atoms with Gasteiger partial charge in [-0.3, -0.25) is 19.8 Å². The highest BCUT2D eigenvalue weighted by atomic mass is 32.2. The Bertz CT molecular complexity index is 346. The molecule has 1 fully saturated rings. The normalized spacial score (nSPS) is 15.6. The van der Waals surface area contributed by atoms with Crippen molar-refractivity contribution in [2.75, 3.05) is 37.7 Å². The topological polar surface area (TPSA) is 98.7 Å². The molecule has 0 spiro atoms. The molecule has 1 aliphatic heterocycles. The van der Waals surface area contributed by atoms with Gasteiger partial charge in [-0.1, -0.05) is 0 Å². The third-order valence-corrected chi connectivity index (χ3v) is 3.81. The van der Waals surface area contributed by atoms with Crippen LogP contribution in [0.3, 0.4) is 0 Å². The summed E-state index contributed by atoms with van der Waals surface area (Å²) < 4.78 is 0. The maximum Gasteiger partial charge on any atom is 0.321 e. The molecule has 0 atom stereocenters. The highest BCUT2D eigenvalue weighted by Gasteiger charge is 2.11. The minimum atomic E-state index is -0.943. The fraction of sp³-hybridized carbons (Fsp3) is 0.750. The zero-order valence-electron chi connectivity index (χ0n) is 11.4. The molecule has 1 rings (SSSR count). The van der Waals surface area contributed by atoms with Gasteiger partial charge in [-0.2, -0.15) is 11.8 Å². The standard InChI is InChI=1S/C12H21N3O4S/c16-10(2-1-3-11(17)18)14-12(19)13-4-5-15-6-8-20-9-7-15/h1-9H2,(H,17,18)(H2,13,14,16,19). The molecular weight excluding hydrogens is 282 g/mol. The number of thioether (sulfide) groups is 1. The van der Waals surface area contributed by atoms with Gasteiger partial charge in [0.25, 0.3) is 0 Å². The number of hydrogen-bond acceptors (Lipinski definition) is 5. The molecule has 0 aromatic carbocycles. The molecule has 1 heterocycles. The predicted molar refractivity (Wildman–Crippen MR) is 76.8 cm³/mol. The molecule has 0 aromatic rings. The van der Waals surface area contributed by atoms with E-state index in [-0.39, 0.29) is 19.3 Å². The first-order chi connectivity index (χ1) is 9.58. The Morgan fingerprint density at radius 3 is 2.50 bits per heavy atom. The number of carboxylic acid groups (broad SMARTS) is 1. The van der Waals surface area contributed by atoms with Gasteiger partial charge in [0.2, 0.25) is 5.91 Å². The fourth-order valence-corrected chi connectivity index (χ4v) is 2.76. The van der Waals surface area contributed by atoms with Gasteiger partial charge < -0.3 is 10.4 Å². The van der Waals surface area contributed by atoms with Crippen LogP contribution in [0.15, 0.2) is 0 Å². The third kappa shape index (κ3) is 8.00. The van der Waals surface area contributed by atoms with Crippen molar-refractivity contribution in [3.63, 3.8) is 0 Å². The summed E-state index contributed by atoms with van der Waals surface area (Å²) in [6.07, 6.45) is 0.213. The molecule has 1 aliphatic rings. The Morgan fingerprint density at radius 1 is 1.15 bits per heavy atom. The minimum absolute atomic E-state index is 0.0447. The third-order valence-electron chi connectivity index (χ3n) is 2.86. The first-order valence-electron chi connectivity index (χ1n) is 6.67. The van der Waals surface area contributed by atoms with Crippen molar-refractivity contribution in [1.82, 2.24) is 15.5 Å². The van der Waals surface area contributed by atoms with E-state index in [0.29, 0.717) is 6.54 Å². The molecule has 0 radical (unpaired) electrons. The number of aliphatic carboxylic acids is 1. The summed E-state index contributed by atoms with van der Waals surface area (Å²) in [5, 5.41) is 13.2. The molecule has 0 unspecified atom stereocenters. The van der Waals surface area contributed by atoms with Crippen LogP contribution in [0, 0.1) is 0 Å². The number of imide groups is 1. The van der Waals surface area contributed by atoms with Crippen LogP contribution in [0.2, 0.25) is 0 Å². The molecule has 20 heavy (non-hydrogen) atoms. The summed E-state index contributed by atoms with van der Waals surface area (Å²) in [6, 6.07) is -0.517. The second-order valence-electron chi connectivity index (χ2n) is 4.51. The molecule has 0 saturated carbocycles. The summed E-state index contributed by atoms with van der Waals surface area (Å²) in [7, 11) is 0. The van der Waals surface area contributed by atoms with Gasteiger partial charge in [-0.05, 0) is 6.42 Å². The fourth-order valence-electron chi connectivity index (χ4n) is 1.79. The maximum absolute atomic E-state index is 11.4. The lowest BCUT2D eigenvalue weighted by atomic mass is 10.2. The zero-order chi connectivity index (χ0) is 14.8. The number of carbonyl (C=O) groups is 3. The Balaban J connectivity index is 2.04. The Kier molecular flexibility index (Phi) is 8.05. The largest absolute Gasteiger partial charge is 0.481 e. The second-order valence-corrected chi connectivity index (χ2v) is 5.73. The number of amides is 3. The zero-order valence-corrected chi connectivity index (χ0v) is 12.2. The number of carboxylic acids is 1. The van der Waals surface area contributed by atoms with E-state index in [1.165, 1.54) is 0 Å². The van der Waals surface area contributed by atoms with Crippen molar-refractivity contribution in [1.29, 1.82) is 0 Å². The van der Waals surface area contributed by atoms with Crippen molar-refractivity contribution in [3.05, 3.63) is 0 Å². The van der Waals surface area contributed by atoms with Crippen LogP contribution < -0.4 is 10.6 Å². The number of hydrogen-bond donors (Lipinski definition) is 3. The summed E-state index contributed by atoms with van der Waals surface area (Å²) >= 11 is 1.93. The van der Waals surface area contributed by atoms with Crippen LogP contribution >= 0.6 is 11.8 Å². The van der Waals surface area contributed by atoms with Crippen LogP contribution in [0.1, 0.15) is 19.3 Å². The predicted octanol–water partition coefficient (Wildman–Crippen LogP) is 0.116. The second kappa shape index (κ2) is 9.60. The SMILES string of the molecule is O=C(O)CCCC(=O)NC(=O)NCCN1CCSCC1. The maximum atomic E-state index is 11.4. The van der Waals surface area contributed by atoms with Crippen LogP contribution in [0.4, 0.5) is 4.79 Å². The molecule has 3 N–H and O–H groups in total. The van der Waals surface area contributed by atoms with Gasteiger partial charge in [0, 0.05) is 50.5 Å². The number of carbonyl (C=O) groups excluding carboxylic acids is 2. The van der Waals surface area contributed by atoms with E-state index in [9.17, 15) is 14.4 Å². The minimum Gasteiger partial charge on any atom is -0.481 e. The number of nitrogens with zero attached hydrogens (tertiary/aromatic N) is 1. The van der Waals surface area contributed by atoms with Gasteiger partial charge in [-0.25, -0.2) is 4.79 Å². The molecule has 114 valence electrons. The van der Waals surface area contributed by atoms with Gasteiger partial charge in [0.1, 0.15) is 0 Å². The highest BCUT2D eigenvalue weighted by molar-refractivity contribution is 7.99. The number of urea groups is 1. The van der Waals surface area contributed by atoms with Crippen molar-refractivity contribution in [2.45, 2.75) is 19.3 Å². The molecular formula is C12H21N3O4S. The Hall–Kier alpha value is -1.28. The monoisotopic (exact) mass is 303 g/mol. The van der Waals surface area contributed by atoms with Crippen LogP contribution in [0.25, 0.3) is 0 Å². The first kappa shape index (κ1) is 16.8. The summed E-state index contributed by atoms with van der Waals surface area (Å²) in [6.45, 7) is 3.34. The Labute approximate surface area is 122 Å². The van der Waals surface area contributed by atoms with Crippen molar-refractivity contribution in [3.8, 4) is 0 Å². The molecule has 3 amide bonds. The van der Waals surface area contributed by atoms with Gasteiger partial charge in [-0.15, -0.1) is 0 Å². The quantitative estimate of drug-likeness (QED) is 0.618. The van der Waals surface area contributed by atoms with Crippen LogP contribution in [-0.2, 0) is 9.59 Å². The molecule has 0 aromatic heterocycles. The lowest BCUT2D eigenvalue weighted by molar-refractivity contribution is -0.137. The van der Waals surface area contributed by atoms with Crippen LogP contribution in [-0.4, -0.2) is 65.6 Å². The Morgan fingerprint density at radius 2 is 1.85 bits per heavy atom. The highest BCUT2D eigenvalue weighted by Crippen LogP contribution is 2.07. The van der Waals surface area contributed by atoms with E-state index in [1.807, 2.05) is 11.8 Å².